The van der Waals surface area contributed by atoms with Gasteiger partial charge in [0.2, 0.25) is 5.91 Å². The fourth-order valence-electron chi connectivity index (χ4n) is 3.02. The normalized spacial score (nSPS) is 21.7. The second kappa shape index (κ2) is 8.38. The molecule has 1 aliphatic carbocycles. The zero-order valence-electron chi connectivity index (χ0n) is 14.5. The van der Waals surface area contributed by atoms with Gasteiger partial charge in [-0.3, -0.25) is 9.59 Å². The van der Waals surface area contributed by atoms with Crippen LogP contribution in [0.2, 0.25) is 0 Å². The zero-order valence-corrected chi connectivity index (χ0v) is 14.5. The Labute approximate surface area is 146 Å². The van der Waals surface area contributed by atoms with Crippen LogP contribution in [0.15, 0.2) is 18.2 Å². The van der Waals surface area contributed by atoms with Crippen LogP contribution in [-0.2, 0) is 4.79 Å². The summed E-state index contributed by atoms with van der Waals surface area (Å²) in [5.74, 6) is -3.43. The van der Waals surface area contributed by atoms with Gasteiger partial charge in [0.15, 0.2) is 0 Å². The molecular weight excluding hydrogens is 328 g/mol. The SMILES string of the molecule is CC(C)C(NC(=O)c1c(F)cccc1F)C(=O)NC1CCC(N)CC1. The summed E-state index contributed by atoms with van der Waals surface area (Å²) < 4.78 is 27.5. The Balaban J connectivity index is 2.05. The Hall–Kier alpha value is -2.02. The van der Waals surface area contributed by atoms with E-state index in [2.05, 4.69) is 10.6 Å². The lowest BCUT2D eigenvalue weighted by atomic mass is 9.91. The average Bonchev–Trinajstić information content (AvgIpc) is 2.54. The fourth-order valence-corrected chi connectivity index (χ4v) is 3.02. The van der Waals surface area contributed by atoms with Crippen molar-refractivity contribution in [1.29, 1.82) is 0 Å². The third kappa shape index (κ3) is 4.98. The molecule has 138 valence electrons. The molecule has 1 fully saturated rings. The summed E-state index contributed by atoms with van der Waals surface area (Å²) in [7, 11) is 0. The topological polar surface area (TPSA) is 84.2 Å². The first kappa shape index (κ1) is 19.3. The van der Waals surface area contributed by atoms with Gasteiger partial charge in [-0.2, -0.15) is 0 Å². The zero-order chi connectivity index (χ0) is 18.6. The predicted molar refractivity (Wildman–Crippen MR) is 90.8 cm³/mol. The fraction of sp³-hybridized carbons (Fsp3) is 0.556. The van der Waals surface area contributed by atoms with Crippen LogP contribution in [0.1, 0.15) is 49.9 Å². The molecule has 1 unspecified atom stereocenters. The van der Waals surface area contributed by atoms with E-state index in [0.29, 0.717) is 0 Å². The number of hydrogen-bond donors (Lipinski definition) is 3. The molecule has 5 nitrogen and oxygen atoms in total. The molecule has 1 aromatic carbocycles. The van der Waals surface area contributed by atoms with Crippen molar-refractivity contribution >= 4 is 11.8 Å². The molecule has 2 amide bonds. The number of nitrogens with one attached hydrogen (secondary N) is 2. The number of amides is 2. The second-order valence-corrected chi connectivity index (χ2v) is 6.91. The van der Waals surface area contributed by atoms with Crippen molar-refractivity contribution in [2.45, 2.75) is 57.7 Å². The van der Waals surface area contributed by atoms with Crippen LogP contribution in [0.3, 0.4) is 0 Å². The number of hydrogen-bond acceptors (Lipinski definition) is 3. The Kier molecular flexibility index (Phi) is 6.47. The van der Waals surface area contributed by atoms with Crippen molar-refractivity contribution in [1.82, 2.24) is 10.6 Å². The summed E-state index contributed by atoms with van der Waals surface area (Å²) >= 11 is 0. The molecule has 1 atom stereocenters. The van der Waals surface area contributed by atoms with Crippen LogP contribution < -0.4 is 16.4 Å². The number of halogens is 2. The highest BCUT2D eigenvalue weighted by atomic mass is 19.1. The quantitative estimate of drug-likeness (QED) is 0.758. The van der Waals surface area contributed by atoms with Crippen molar-refractivity contribution in [3.8, 4) is 0 Å². The van der Waals surface area contributed by atoms with E-state index in [-0.39, 0.29) is 23.9 Å². The molecule has 0 aliphatic heterocycles. The van der Waals surface area contributed by atoms with E-state index < -0.39 is 29.1 Å². The van der Waals surface area contributed by atoms with Crippen LogP contribution in [0.25, 0.3) is 0 Å². The lowest BCUT2D eigenvalue weighted by Gasteiger charge is -2.29. The molecule has 1 saturated carbocycles. The second-order valence-electron chi connectivity index (χ2n) is 6.91. The van der Waals surface area contributed by atoms with Gasteiger partial charge in [0.05, 0.1) is 0 Å². The minimum atomic E-state index is -0.957. The minimum Gasteiger partial charge on any atom is -0.352 e. The summed E-state index contributed by atoms with van der Waals surface area (Å²) in [5.41, 5.74) is 5.18. The highest BCUT2D eigenvalue weighted by molar-refractivity contribution is 5.98. The summed E-state index contributed by atoms with van der Waals surface area (Å²) in [4.78, 5) is 24.8. The number of carbonyl (C=O) groups excluding carboxylic acids is 2. The van der Waals surface area contributed by atoms with Crippen LogP contribution in [0.5, 0.6) is 0 Å². The maximum atomic E-state index is 13.7. The van der Waals surface area contributed by atoms with E-state index in [1.807, 2.05) is 0 Å². The first-order valence-corrected chi connectivity index (χ1v) is 8.60. The Morgan fingerprint density at radius 3 is 2.20 bits per heavy atom. The molecule has 0 aromatic heterocycles. The third-order valence-electron chi connectivity index (χ3n) is 4.54. The van der Waals surface area contributed by atoms with Gasteiger partial charge in [-0.05, 0) is 43.7 Å². The average molecular weight is 353 g/mol. The number of carbonyl (C=O) groups is 2. The molecule has 0 heterocycles. The largest absolute Gasteiger partial charge is 0.352 e. The predicted octanol–water partition coefficient (Wildman–Crippen LogP) is 2.11. The molecule has 7 heteroatoms. The maximum Gasteiger partial charge on any atom is 0.257 e. The summed E-state index contributed by atoms with van der Waals surface area (Å²) in [6, 6.07) is 2.50. The van der Waals surface area contributed by atoms with E-state index in [4.69, 9.17) is 5.73 Å². The van der Waals surface area contributed by atoms with Crippen LogP contribution in [0, 0.1) is 17.6 Å². The highest BCUT2D eigenvalue weighted by Gasteiger charge is 2.29. The molecule has 4 N–H and O–H groups in total. The molecule has 0 bridgehead atoms. The monoisotopic (exact) mass is 353 g/mol. The van der Waals surface area contributed by atoms with Gasteiger partial charge in [0.1, 0.15) is 23.2 Å². The van der Waals surface area contributed by atoms with Crippen molar-refractivity contribution in [3.63, 3.8) is 0 Å². The summed E-state index contributed by atoms with van der Waals surface area (Å²) in [6.07, 6.45) is 3.25. The first-order chi connectivity index (χ1) is 11.8. The number of rotatable bonds is 5. The standard InChI is InChI=1S/C18H25F2N3O2/c1-10(2)16(18(25)22-12-8-6-11(21)7-9-12)23-17(24)15-13(19)4-3-5-14(15)20/h3-5,10-12,16H,6-9,21H2,1-2H3,(H,22,25)(H,23,24). The van der Waals surface area contributed by atoms with E-state index in [1.54, 1.807) is 13.8 Å². The van der Waals surface area contributed by atoms with Crippen molar-refractivity contribution < 1.29 is 18.4 Å². The lowest BCUT2D eigenvalue weighted by molar-refractivity contribution is -0.124. The smallest absolute Gasteiger partial charge is 0.257 e. The number of benzene rings is 1. The van der Waals surface area contributed by atoms with E-state index in [1.165, 1.54) is 6.07 Å². The van der Waals surface area contributed by atoms with Crippen LogP contribution >= 0.6 is 0 Å². The Morgan fingerprint density at radius 1 is 1.12 bits per heavy atom. The third-order valence-corrected chi connectivity index (χ3v) is 4.54. The molecule has 1 aliphatic rings. The van der Waals surface area contributed by atoms with Gasteiger partial charge in [0, 0.05) is 12.1 Å². The van der Waals surface area contributed by atoms with E-state index in [9.17, 15) is 18.4 Å². The van der Waals surface area contributed by atoms with Crippen LogP contribution in [0.4, 0.5) is 8.78 Å². The van der Waals surface area contributed by atoms with E-state index in [0.717, 1.165) is 37.8 Å². The lowest BCUT2D eigenvalue weighted by Crippen LogP contribution is -2.53. The van der Waals surface area contributed by atoms with Crippen molar-refractivity contribution in [2.24, 2.45) is 11.7 Å². The van der Waals surface area contributed by atoms with Gasteiger partial charge >= 0.3 is 0 Å². The van der Waals surface area contributed by atoms with Gasteiger partial charge < -0.3 is 16.4 Å². The number of nitrogens with two attached hydrogens (primary N) is 1. The Bertz CT molecular complexity index is 608. The van der Waals surface area contributed by atoms with Gasteiger partial charge in [-0.1, -0.05) is 19.9 Å². The van der Waals surface area contributed by atoms with E-state index >= 15 is 0 Å². The van der Waals surface area contributed by atoms with Crippen molar-refractivity contribution in [3.05, 3.63) is 35.4 Å². The molecule has 1 aromatic rings. The molecule has 25 heavy (non-hydrogen) atoms. The maximum absolute atomic E-state index is 13.7. The molecule has 0 radical (unpaired) electrons. The summed E-state index contributed by atoms with van der Waals surface area (Å²) in [5, 5.41) is 5.37. The molecule has 0 saturated heterocycles. The van der Waals surface area contributed by atoms with Crippen LogP contribution in [-0.4, -0.2) is 29.9 Å². The highest BCUT2D eigenvalue weighted by Crippen LogP contribution is 2.18. The minimum absolute atomic E-state index is 0.00986. The van der Waals surface area contributed by atoms with Gasteiger partial charge in [-0.25, -0.2) is 8.78 Å². The Morgan fingerprint density at radius 2 is 1.68 bits per heavy atom. The first-order valence-electron chi connectivity index (χ1n) is 8.60. The van der Waals surface area contributed by atoms with Gasteiger partial charge in [0.25, 0.3) is 5.91 Å². The molecule has 0 spiro atoms. The van der Waals surface area contributed by atoms with Crippen molar-refractivity contribution in [2.75, 3.05) is 0 Å². The molecular formula is C18H25F2N3O2. The van der Waals surface area contributed by atoms with Gasteiger partial charge in [-0.15, -0.1) is 0 Å². The summed E-state index contributed by atoms with van der Waals surface area (Å²) in [6.45, 7) is 3.53. The molecule has 2 rings (SSSR count).